The molecular formula is C17H22N2O4S2. The maximum atomic E-state index is 11.7. The molecule has 2 aliphatic rings. The Morgan fingerprint density at radius 3 is 2.64 bits per heavy atom. The molecule has 1 aromatic rings. The standard InChI is InChI=1S/C17H22N2O4S2/c1-3-8-19(13-6-4-12(5-7-13)9-16(20)23-2)17-18-14-10-25(21,22)11-15(14)24-17/h4-7,14-15H,3,8-11H2,1-2H3/t14-,15+/m1/s1. The van der Waals surface area contributed by atoms with Gasteiger partial charge in [-0.25, -0.2) is 8.42 Å². The van der Waals surface area contributed by atoms with Crippen LogP contribution in [0.4, 0.5) is 5.69 Å². The van der Waals surface area contributed by atoms with Crippen molar-refractivity contribution in [2.45, 2.75) is 31.1 Å². The molecule has 2 heterocycles. The van der Waals surface area contributed by atoms with Crippen molar-refractivity contribution < 1.29 is 17.9 Å². The van der Waals surface area contributed by atoms with Crippen molar-refractivity contribution in [2.24, 2.45) is 4.99 Å². The molecule has 0 N–H and O–H groups in total. The fourth-order valence-corrected chi connectivity index (χ4v) is 6.87. The fourth-order valence-electron chi connectivity index (χ4n) is 3.06. The molecule has 0 bridgehead atoms. The first kappa shape index (κ1) is 18.3. The maximum Gasteiger partial charge on any atom is 0.309 e. The van der Waals surface area contributed by atoms with Crippen LogP contribution in [0.3, 0.4) is 0 Å². The van der Waals surface area contributed by atoms with Crippen LogP contribution in [0.5, 0.6) is 0 Å². The van der Waals surface area contributed by atoms with E-state index in [1.54, 1.807) is 11.8 Å². The Balaban J connectivity index is 1.77. The summed E-state index contributed by atoms with van der Waals surface area (Å²) in [5, 5.41) is 0.936. The van der Waals surface area contributed by atoms with Gasteiger partial charge in [-0.1, -0.05) is 30.8 Å². The zero-order valence-corrected chi connectivity index (χ0v) is 16.0. The number of amidine groups is 1. The number of thioether (sulfide) groups is 1. The molecule has 136 valence electrons. The van der Waals surface area contributed by atoms with Gasteiger partial charge in [0.05, 0.1) is 31.1 Å². The minimum atomic E-state index is -2.94. The lowest BCUT2D eigenvalue weighted by Crippen LogP contribution is -2.29. The molecule has 0 amide bonds. The highest BCUT2D eigenvalue weighted by atomic mass is 32.2. The minimum Gasteiger partial charge on any atom is -0.469 e. The van der Waals surface area contributed by atoms with Crippen LogP contribution in [-0.2, 0) is 25.8 Å². The van der Waals surface area contributed by atoms with Crippen LogP contribution >= 0.6 is 11.8 Å². The summed E-state index contributed by atoms with van der Waals surface area (Å²) in [5.74, 6) is 0.113. The molecular weight excluding hydrogens is 360 g/mol. The highest BCUT2D eigenvalue weighted by Crippen LogP contribution is 2.36. The van der Waals surface area contributed by atoms with Crippen molar-refractivity contribution in [1.82, 2.24) is 0 Å². The lowest BCUT2D eigenvalue weighted by Gasteiger charge is -2.24. The van der Waals surface area contributed by atoms with Crippen LogP contribution in [0.1, 0.15) is 18.9 Å². The van der Waals surface area contributed by atoms with Crippen molar-refractivity contribution in [3.63, 3.8) is 0 Å². The Bertz CT molecular complexity index is 774. The molecule has 25 heavy (non-hydrogen) atoms. The largest absolute Gasteiger partial charge is 0.469 e. The van der Waals surface area contributed by atoms with E-state index in [9.17, 15) is 13.2 Å². The van der Waals surface area contributed by atoms with Crippen molar-refractivity contribution in [3.8, 4) is 0 Å². The van der Waals surface area contributed by atoms with Crippen LogP contribution in [0.25, 0.3) is 0 Å². The molecule has 0 aromatic heterocycles. The number of ether oxygens (including phenoxy) is 1. The molecule has 3 rings (SSSR count). The van der Waals surface area contributed by atoms with Crippen LogP contribution in [0.2, 0.25) is 0 Å². The topological polar surface area (TPSA) is 76.0 Å². The molecule has 1 fully saturated rings. The number of carbonyl (C=O) groups excluding carboxylic acids is 1. The van der Waals surface area contributed by atoms with E-state index in [0.717, 1.165) is 29.4 Å². The van der Waals surface area contributed by atoms with E-state index in [4.69, 9.17) is 0 Å². The number of aliphatic imine (C=N–C) groups is 1. The van der Waals surface area contributed by atoms with Crippen LogP contribution in [-0.4, -0.2) is 56.0 Å². The summed E-state index contributed by atoms with van der Waals surface area (Å²) in [4.78, 5) is 18.2. The first-order chi connectivity index (χ1) is 11.9. The molecule has 0 radical (unpaired) electrons. The van der Waals surface area contributed by atoms with E-state index in [-0.39, 0.29) is 35.2 Å². The van der Waals surface area contributed by atoms with Crippen molar-refractivity contribution in [2.75, 3.05) is 30.1 Å². The third kappa shape index (κ3) is 4.17. The van der Waals surface area contributed by atoms with Crippen LogP contribution in [0.15, 0.2) is 29.3 Å². The van der Waals surface area contributed by atoms with Crippen molar-refractivity contribution in [1.29, 1.82) is 0 Å². The summed E-state index contributed by atoms with van der Waals surface area (Å²) >= 11 is 1.57. The van der Waals surface area contributed by atoms with Gasteiger partial charge in [0, 0.05) is 17.5 Å². The predicted molar refractivity (Wildman–Crippen MR) is 101 cm³/mol. The van der Waals surface area contributed by atoms with Gasteiger partial charge in [-0.05, 0) is 24.1 Å². The molecule has 8 heteroatoms. The van der Waals surface area contributed by atoms with Gasteiger partial charge in [-0.2, -0.15) is 0 Å². The van der Waals surface area contributed by atoms with E-state index in [1.807, 2.05) is 24.3 Å². The number of benzene rings is 1. The number of sulfone groups is 1. The third-order valence-electron chi connectivity index (χ3n) is 4.31. The van der Waals surface area contributed by atoms with Gasteiger partial charge in [0.15, 0.2) is 15.0 Å². The van der Waals surface area contributed by atoms with Crippen molar-refractivity contribution >= 4 is 38.4 Å². The molecule has 0 unspecified atom stereocenters. The van der Waals surface area contributed by atoms with Gasteiger partial charge in [0.1, 0.15) is 0 Å². The monoisotopic (exact) mass is 382 g/mol. The smallest absolute Gasteiger partial charge is 0.309 e. The molecule has 6 nitrogen and oxygen atoms in total. The van der Waals surface area contributed by atoms with E-state index < -0.39 is 9.84 Å². The van der Waals surface area contributed by atoms with E-state index in [1.165, 1.54) is 7.11 Å². The number of esters is 1. The van der Waals surface area contributed by atoms with Gasteiger partial charge in [0.25, 0.3) is 0 Å². The highest BCUT2D eigenvalue weighted by molar-refractivity contribution is 8.15. The summed E-state index contributed by atoms with van der Waals surface area (Å²) in [6, 6.07) is 7.66. The zero-order valence-electron chi connectivity index (χ0n) is 14.3. The van der Waals surface area contributed by atoms with Gasteiger partial charge in [-0.3, -0.25) is 9.79 Å². The molecule has 1 saturated heterocycles. The van der Waals surface area contributed by atoms with Crippen LogP contribution < -0.4 is 4.90 Å². The second-order valence-electron chi connectivity index (χ2n) is 6.28. The quantitative estimate of drug-likeness (QED) is 0.724. The summed E-state index contributed by atoms with van der Waals surface area (Å²) in [6.45, 7) is 2.92. The Hall–Kier alpha value is -1.54. The molecule has 0 saturated carbocycles. The van der Waals surface area contributed by atoms with E-state index in [2.05, 4.69) is 21.6 Å². The number of rotatable bonds is 5. The lowest BCUT2D eigenvalue weighted by atomic mass is 10.1. The van der Waals surface area contributed by atoms with E-state index in [0.29, 0.717) is 0 Å². The second-order valence-corrected chi connectivity index (χ2v) is 9.64. The average Bonchev–Trinajstić information content (AvgIpc) is 3.06. The number of methoxy groups -OCH3 is 1. The summed E-state index contributed by atoms with van der Waals surface area (Å²) in [7, 11) is -1.56. The molecule has 2 aliphatic heterocycles. The Morgan fingerprint density at radius 2 is 2.04 bits per heavy atom. The Morgan fingerprint density at radius 1 is 1.32 bits per heavy atom. The summed E-state index contributed by atoms with van der Waals surface area (Å²) < 4.78 is 28.2. The zero-order chi connectivity index (χ0) is 18.0. The minimum absolute atomic E-state index is 0.0398. The van der Waals surface area contributed by atoms with E-state index >= 15 is 0 Å². The first-order valence-electron chi connectivity index (χ1n) is 8.30. The summed E-state index contributed by atoms with van der Waals surface area (Å²) in [5.41, 5.74) is 1.90. The Kier molecular flexibility index (Phi) is 5.38. The predicted octanol–water partition coefficient (Wildman–Crippen LogP) is 1.89. The summed E-state index contributed by atoms with van der Waals surface area (Å²) in [6.07, 6.45) is 1.21. The Labute approximate surface area is 152 Å². The maximum absolute atomic E-state index is 11.7. The third-order valence-corrected chi connectivity index (χ3v) is 7.55. The van der Waals surface area contributed by atoms with Gasteiger partial charge < -0.3 is 9.64 Å². The number of anilines is 1. The van der Waals surface area contributed by atoms with Gasteiger partial charge in [0.2, 0.25) is 0 Å². The second kappa shape index (κ2) is 7.37. The van der Waals surface area contributed by atoms with Gasteiger partial charge >= 0.3 is 5.97 Å². The first-order valence-corrected chi connectivity index (χ1v) is 11.0. The lowest BCUT2D eigenvalue weighted by molar-refractivity contribution is -0.139. The molecule has 0 spiro atoms. The number of hydrogen-bond donors (Lipinski definition) is 0. The highest BCUT2D eigenvalue weighted by Gasteiger charge is 2.43. The number of nitrogens with zero attached hydrogens (tertiary/aromatic N) is 2. The van der Waals surface area contributed by atoms with Crippen molar-refractivity contribution in [3.05, 3.63) is 29.8 Å². The average molecular weight is 383 g/mol. The molecule has 2 atom stereocenters. The van der Waals surface area contributed by atoms with Crippen LogP contribution in [0, 0.1) is 0 Å². The SMILES string of the molecule is CCCN(C1=N[C@@H]2CS(=O)(=O)C[C@@H]2S1)c1ccc(CC(=O)OC)cc1. The normalized spacial score (nSPS) is 23.8. The number of carbonyl (C=O) groups is 1. The molecule has 0 aliphatic carbocycles. The fraction of sp³-hybridized carbons (Fsp3) is 0.529. The number of hydrogen-bond acceptors (Lipinski definition) is 7. The molecule has 1 aromatic carbocycles. The number of fused-ring (bicyclic) bond motifs is 1. The van der Waals surface area contributed by atoms with Gasteiger partial charge in [-0.15, -0.1) is 0 Å².